The summed E-state index contributed by atoms with van der Waals surface area (Å²) >= 11 is 0. The number of nitrogens with one attached hydrogen (secondary N) is 1. The second-order valence-electron chi connectivity index (χ2n) is 6.06. The van der Waals surface area contributed by atoms with Gasteiger partial charge in [0.15, 0.2) is 0 Å². The molecule has 140 valence electrons. The van der Waals surface area contributed by atoms with Gasteiger partial charge < -0.3 is 4.74 Å². The SMILES string of the molecule is Cc1ccc(C)c(OCCCCC(=O)NS(=O)(=O)c2ccc(F)cc2)c1. The van der Waals surface area contributed by atoms with Crippen molar-refractivity contribution in [2.75, 3.05) is 6.61 Å². The van der Waals surface area contributed by atoms with E-state index < -0.39 is 21.7 Å². The molecule has 0 saturated carbocycles. The smallest absolute Gasteiger partial charge is 0.264 e. The zero-order valence-electron chi connectivity index (χ0n) is 14.8. The predicted octanol–water partition coefficient (Wildman–Crippen LogP) is 3.50. The van der Waals surface area contributed by atoms with E-state index in [2.05, 4.69) is 0 Å². The van der Waals surface area contributed by atoms with Crippen molar-refractivity contribution in [1.82, 2.24) is 4.72 Å². The van der Waals surface area contributed by atoms with E-state index in [0.717, 1.165) is 41.1 Å². The van der Waals surface area contributed by atoms with Crippen LogP contribution < -0.4 is 9.46 Å². The average molecular weight is 379 g/mol. The van der Waals surface area contributed by atoms with Crippen molar-refractivity contribution < 1.29 is 22.3 Å². The van der Waals surface area contributed by atoms with Crippen LogP contribution in [-0.2, 0) is 14.8 Å². The minimum atomic E-state index is -3.97. The van der Waals surface area contributed by atoms with E-state index in [1.54, 1.807) is 0 Å². The van der Waals surface area contributed by atoms with Crippen LogP contribution in [0, 0.1) is 19.7 Å². The fourth-order valence-corrected chi connectivity index (χ4v) is 3.32. The molecular weight excluding hydrogens is 357 g/mol. The van der Waals surface area contributed by atoms with E-state index in [9.17, 15) is 17.6 Å². The third-order valence-electron chi connectivity index (χ3n) is 3.77. The monoisotopic (exact) mass is 379 g/mol. The Kier molecular flexibility index (Phi) is 6.74. The van der Waals surface area contributed by atoms with Gasteiger partial charge in [-0.1, -0.05) is 12.1 Å². The van der Waals surface area contributed by atoms with E-state index in [0.29, 0.717) is 19.4 Å². The molecule has 0 saturated heterocycles. The highest BCUT2D eigenvalue weighted by atomic mass is 32.2. The summed E-state index contributed by atoms with van der Waals surface area (Å²) in [6, 6.07) is 10.2. The lowest BCUT2D eigenvalue weighted by atomic mass is 10.1. The van der Waals surface area contributed by atoms with E-state index in [1.807, 2.05) is 36.8 Å². The normalized spacial score (nSPS) is 11.2. The van der Waals surface area contributed by atoms with Crippen LogP contribution in [0.2, 0.25) is 0 Å². The Labute approximate surface area is 153 Å². The highest BCUT2D eigenvalue weighted by molar-refractivity contribution is 7.90. The maximum atomic E-state index is 12.9. The molecule has 2 aromatic rings. The largest absolute Gasteiger partial charge is 0.493 e. The van der Waals surface area contributed by atoms with Gasteiger partial charge in [-0.05, 0) is 68.1 Å². The van der Waals surface area contributed by atoms with Crippen LogP contribution in [-0.4, -0.2) is 20.9 Å². The van der Waals surface area contributed by atoms with Crippen LogP contribution in [0.15, 0.2) is 47.4 Å². The molecule has 0 aromatic heterocycles. The molecule has 1 amide bonds. The zero-order chi connectivity index (χ0) is 19.2. The standard InChI is InChI=1S/C19H22FNO4S/c1-14-6-7-15(2)18(13-14)25-12-4-3-5-19(22)21-26(23,24)17-10-8-16(20)9-11-17/h6-11,13H,3-5,12H2,1-2H3,(H,21,22). The average Bonchev–Trinajstić information content (AvgIpc) is 2.57. The third-order valence-corrected chi connectivity index (χ3v) is 5.16. The summed E-state index contributed by atoms with van der Waals surface area (Å²) in [4.78, 5) is 11.7. The predicted molar refractivity (Wildman–Crippen MR) is 97.0 cm³/mol. The summed E-state index contributed by atoms with van der Waals surface area (Å²) < 4.78 is 44.6. The molecule has 0 aliphatic carbocycles. The van der Waals surface area contributed by atoms with Gasteiger partial charge in [-0.25, -0.2) is 17.5 Å². The number of benzene rings is 2. The number of rotatable bonds is 8. The number of hydrogen-bond donors (Lipinski definition) is 1. The van der Waals surface area contributed by atoms with Gasteiger partial charge >= 0.3 is 0 Å². The highest BCUT2D eigenvalue weighted by Crippen LogP contribution is 2.19. The summed E-state index contributed by atoms with van der Waals surface area (Å²) in [6.45, 7) is 4.39. The molecular formula is C19H22FNO4S. The Morgan fingerprint density at radius 1 is 1.08 bits per heavy atom. The van der Waals surface area contributed by atoms with E-state index in [4.69, 9.17) is 4.74 Å². The number of aryl methyl sites for hydroxylation is 2. The molecule has 26 heavy (non-hydrogen) atoms. The molecule has 7 heteroatoms. The lowest BCUT2D eigenvalue weighted by molar-refractivity contribution is -0.119. The fourth-order valence-electron chi connectivity index (χ4n) is 2.31. The second-order valence-corrected chi connectivity index (χ2v) is 7.74. The van der Waals surface area contributed by atoms with Crippen LogP contribution in [0.1, 0.15) is 30.4 Å². The lowest BCUT2D eigenvalue weighted by Crippen LogP contribution is -2.30. The number of hydrogen-bond acceptors (Lipinski definition) is 4. The Hall–Kier alpha value is -2.41. The van der Waals surface area contributed by atoms with Crippen LogP contribution in [0.3, 0.4) is 0 Å². The van der Waals surface area contributed by atoms with Crippen molar-refractivity contribution in [3.8, 4) is 5.75 Å². The molecule has 0 spiro atoms. The summed E-state index contributed by atoms with van der Waals surface area (Å²) in [5.74, 6) is -0.325. The van der Waals surface area contributed by atoms with Crippen molar-refractivity contribution in [3.05, 3.63) is 59.4 Å². The van der Waals surface area contributed by atoms with Crippen molar-refractivity contribution in [3.63, 3.8) is 0 Å². The molecule has 2 rings (SSSR count). The Morgan fingerprint density at radius 3 is 2.46 bits per heavy atom. The van der Waals surface area contributed by atoms with Crippen LogP contribution in [0.25, 0.3) is 0 Å². The molecule has 1 N–H and O–H groups in total. The second kappa shape index (κ2) is 8.80. The van der Waals surface area contributed by atoms with Gasteiger partial charge in [-0.15, -0.1) is 0 Å². The molecule has 0 aliphatic rings. The van der Waals surface area contributed by atoms with Crippen molar-refractivity contribution >= 4 is 15.9 Å². The summed E-state index contributed by atoms with van der Waals surface area (Å²) in [7, 11) is -3.97. The first kappa shape index (κ1) is 19.9. The molecule has 5 nitrogen and oxygen atoms in total. The summed E-state index contributed by atoms with van der Waals surface area (Å²) in [5, 5.41) is 0. The van der Waals surface area contributed by atoms with Gasteiger partial charge in [-0.3, -0.25) is 4.79 Å². The van der Waals surface area contributed by atoms with Crippen molar-refractivity contribution in [2.24, 2.45) is 0 Å². The van der Waals surface area contributed by atoms with Crippen molar-refractivity contribution in [2.45, 2.75) is 38.0 Å². The highest BCUT2D eigenvalue weighted by Gasteiger charge is 2.17. The number of sulfonamides is 1. The first-order chi connectivity index (χ1) is 12.3. The first-order valence-electron chi connectivity index (χ1n) is 8.29. The number of halogens is 1. The molecule has 0 heterocycles. The maximum absolute atomic E-state index is 12.9. The molecule has 0 bridgehead atoms. The quantitative estimate of drug-likeness (QED) is 0.713. The van der Waals surface area contributed by atoms with Gasteiger partial charge in [0.25, 0.3) is 10.0 Å². The number of carbonyl (C=O) groups is 1. The summed E-state index contributed by atoms with van der Waals surface area (Å²) in [5.41, 5.74) is 2.15. The van der Waals surface area contributed by atoms with Gasteiger partial charge in [-0.2, -0.15) is 0 Å². The van der Waals surface area contributed by atoms with E-state index >= 15 is 0 Å². The topological polar surface area (TPSA) is 72.5 Å². The minimum absolute atomic E-state index is 0.0661. The van der Waals surface area contributed by atoms with Crippen LogP contribution in [0.4, 0.5) is 4.39 Å². The lowest BCUT2D eigenvalue weighted by Gasteiger charge is -2.10. The van der Waals surface area contributed by atoms with E-state index in [-0.39, 0.29) is 11.3 Å². The van der Waals surface area contributed by atoms with Gasteiger partial charge in [0.2, 0.25) is 5.91 Å². The number of ether oxygens (including phenoxy) is 1. The molecule has 0 aliphatic heterocycles. The zero-order valence-corrected chi connectivity index (χ0v) is 15.6. The van der Waals surface area contributed by atoms with Gasteiger partial charge in [0.05, 0.1) is 11.5 Å². The molecule has 0 radical (unpaired) electrons. The first-order valence-corrected chi connectivity index (χ1v) is 9.77. The Morgan fingerprint density at radius 2 is 1.77 bits per heavy atom. The fraction of sp³-hybridized carbons (Fsp3) is 0.316. The van der Waals surface area contributed by atoms with Crippen molar-refractivity contribution in [1.29, 1.82) is 0 Å². The summed E-state index contributed by atoms with van der Waals surface area (Å²) in [6.07, 6.45) is 1.18. The molecule has 0 atom stereocenters. The number of carbonyl (C=O) groups excluding carboxylic acids is 1. The Balaban J connectivity index is 1.75. The van der Waals surface area contributed by atoms with Gasteiger partial charge in [0, 0.05) is 6.42 Å². The molecule has 0 fully saturated rings. The van der Waals surface area contributed by atoms with Gasteiger partial charge in [0.1, 0.15) is 11.6 Å². The number of amides is 1. The number of unbranched alkanes of at least 4 members (excludes halogenated alkanes) is 1. The molecule has 2 aromatic carbocycles. The molecule has 0 unspecified atom stereocenters. The van der Waals surface area contributed by atoms with Crippen LogP contribution >= 0.6 is 0 Å². The van der Waals surface area contributed by atoms with E-state index in [1.165, 1.54) is 0 Å². The maximum Gasteiger partial charge on any atom is 0.264 e. The minimum Gasteiger partial charge on any atom is -0.493 e. The van der Waals surface area contributed by atoms with Crippen LogP contribution in [0.5, 0.6) is 5.75 Å². The Bertz CT molecular complexity index is 864. The third kappa shape index (κ3) is 5.84.